The lowest BCUT2D eigenvalue weighted by Gasteiger charge is -2.47. The molecule has 3 aliphatic heterocycles. The van der Waals surface area contributed by atoms with Crippen molar-refractivity contribution >= 4 is 51.7 Å². The molecule has 1 unspecified atom stereocenters. The number of hydrogen-bond acceptors (Lipinski definition) is 9. The van der Waals surface area contributed by atoms with Gasteiger partial charge in [-0.05, 0) is 16.7 Å². The molecule has 2 aromatic heterocycles. The van der Waals surface area contributed by atoms with Gasteiger partial charge in [-0.15, -0.1) is 23.1 Å². The van der Waals surface area contributed by atoms with E-state index in [2.05, 4.69) is 62.1 Å². The molecule has 0 aliphatic carbocycles. The maximum Gasteiger partial charge on any atom is 0.276 e. The fraction of sp³-hybridized carbons (Fsp3) is 0.200. The molecule has 53 heavy (non-hydrogen) atoms. The Hall–Kier alpha value is -5.79. The lowest BCUT2D eigenvalue weighted by atomic mass is 9.77. The zero-order valence-electron chi connectivity index (χ0n) is 28.5. The van der Waals surface area contributed by atoms with Gasteiger partial charge in [0.15, 0.2) is 29.8 Å². The van der Waals surface area contributed by atoms with E-state index in [9.17, 15) is 14.4 Å². The second-order valence-electron chi connectivity index (χ2n) is 12.9. The first-order valence-corrected chi connectivity index (χ1v) is 19.2. The van der Waals surface area contributed by atoms with Gasteiger partial charge in [-0.25, -0.2) is 9.55 Å². The normalized spacial score (nSPS) is 19.8. The van der Waals surface area contributed by atoms with Crippen molar-refractivity contribution in [1.29, 1.82) is 0 Å². The van der Waals surface area contributed by atoms with E-state index in [4.69, 9.17) is 9.82 Å². The van der Waals surface area contributed by atoms with Crippen LogP contribution in [0.3, 0.4) is 0 Å². The van der Waals surface area contributed by atoms with Crippen LogP contribution in [-0.2, 0) is 31.3 Å². The highest BCUT2D eigenvalue weighted by Crippen LogP contribution is 2.41. The average molecular weight is 743 g/mol. The van der Waals surface area contributed by atoms with Crippen molar-refractivity contribution in [2.45, 2.75) is 36.0 Å². The molecule has 5 heterocycles. The van der Waals surface area contributed by atoms with Crippen LogP contribution in [0.5, 0.6) is 0 Å². The van der Waals surface area contributed by atoms with Gasteiger partial charge in [0.2, 0.25) is 6.10 Å². The van der Waals surface area contributed by atoms with Crippen molar-refractivity contribution in [2.75, 3.05) is 17.6 Å². The highest BCUT2D eigenvalue weighted by molar-refractivity contribution is 8.00. The van der Waals surface area contributed by atoms with Gasteiger partial charge in [0.1, 0.15) is 22.6 Å². The highest BCUT2D eigenvalue weighted by Gasteiger charge is 2.50. The number of pyridine rings is 1. The second kappa shape index (κ2) is 15.1. The lowest BCUT2D eigenvalue weighted by Crippen LogP contribution is -2.69. The van der Waals surface area contributed by atoms with Crippen LogP contribution in [0.2, 0.25) is 0 Å². The van der Waals surface area contributed by atoms with Gasteiger partial charge < -0.3 is 25.7 Å². The third-order valence-corrected chi connectivity index (χ3v) is 11.6. The summed E-state index contributed by atoms with van der Waals surface area (Å²) in [5.74, 6) is -0.405. The summed E-state index contributed by atoms with van der Waals surface area (Å²) in [6.07, 6.45) is 5.44. The van der Waals surface area contributed by atoms with Gasteiger partial charge in [0.05, 0.1) is 0 Å². The van der Waals surface area contributed by atoms with Crippen LogP contribution in [0.1, 0.15) is 28.8 Å². The van der Waals surface area contributed by atoms with E-state index >= 15 is 0 Å². The van der Waals surface area contributed by atoms with Crippen molar-refractivity contribution in [1.82, 2.24) is 20.5 Å². The van der Waals surface area contributed by atoms with E-state index in [0.29, 0.717) is 24.6 Å². The number of hydrogen-bond donors (Lipinski definition) is 3. The first-order chi connectivity index (χ1) is 26.0. The summed E-state index contributed by atoms with van der Waals surface area (Å²) in [7, 11) is 0. The molecule has 3 amide bonds. The van der Waals surface area contributed by atoms with Crippen LogP contribution in [-0.4, -0.2) is 63.1 Å². The van der Waals surface area contributed by atoms with Gasteiger partial charge in [0.25, 0.3) is 17.7 Å². The monoisotopic (exact) mass is 742 g/mol. The molecular weight excluding hydrogens is 707 g/mol. The molecule has 266 valence electrons. The fourth-order valence-corrected chi connectivity index (χ4v) is 8.81. The van der Waals surface area contributed by atoms with Crippen LogP contribution < -0.4 is 20.5 Å². The first kappa shape index (κ1) is 34.3. The van der Waals surface area contributed by atoms with Crippen molar-refractivity contribution < 1.29 is 23.8 Å². The third kappa shape index (κ3) is 6.92. The minimum Gasteiger partial charge on any atom is -0.382 e. The van der Waals surface area contributed by atoms with E-state index in [-0.39, 0.29) is 28.6 Å². The average Bonchev–Trinajstić information content (AvgIpc) is 3.85. The number of anilines is 1. The van der Waals surface area contributed by atoms with Crippen LogP contribution in [0, 0.1) is 0 Å². The topological polar surface area (TPSA) is 129 Å². The maximum atomic E-state index is 14.0. The number of oxime groups is 1. The van der Waals surface area contributed by atoms with E-state index in [1.807, 2.05) is 91.4 Å². The third-order valence-electron chi connectivity index (χ3n) is 9.44. The van der Waals surface area contributed by atoms with Gasteiger partial charge in [-0.3, -0.25) is 14.4 Å². The van der Waals surface area contributed by atoms with Crippen molar-refractivity contribution in [3.63, 3.8) is 0 Å². The minimum atomic E-state index is -0.845. The van der Waals surface area contributed by atoms with Crippen LogP contribution >= 0.6 is 23.1 Å². The Morgan fingerprint density at radius 1 is 0.925 bits per heavy atom. The summed E-state index contributed by atoms with van der Waals surface area (Å²) < 4.78 is 2.06. The smallest absolute Gasteiger partial charge is 0.276 e. The first-order valence-electron chi connectivity index (χ1n) is 17.3. The summed E-state index contributed by atoms with van der Waals surface area (Å²) in [6, 6.07) is 35.5. The Bertz CT molecular complexity index is 2070. The van der Waals surface area contributed by atoms with Crippen molar-refractivity contribution in [3.8, 4) is 0 Å². The Balaban J connectivity index is 1.08. The molecule has 13 heteroatoms. The zero-order valence-corrected chi connectivity index (χ0v) is 30.1. The van der Waals surface area contributed by atoms with Gasteiger partial charge >= 0.3 is 0 Å². The largest absolute Gasteiger partial charge is 0.382 e. The number of thiazole rings is 1. The summed E-state index contributed by atoms with van der Waals surface area (Å²) in [5.41, 5.74) is 3.37. The second-order valence-corrected chi connectivity index (χ2v) is 14.8. The quantitative estimate of drug-likeness (QED) is 0.0568. The minimum absolute atomic E-state index is 0.123. The van der Waals surface area contributed by atoms with Crippen LogP contribution in [0.15, 0.2) is 144 Å². The SMILES string of the molecule is O=C(N[C@@H]1C(=O)N2C=C(C[n+]3ccccc3)CS[C@@H]12)/C(=N\OC1CCNC1=O)c1csc(NC(c2ccccc2)(c2ccccc2)c2ccccc2)n1. The highest BCUT2D eigenvalue weighted by atomic mass is 32.2. The zero-order chi connectivity index (χ0) is 36.2. The standard InChI is InChI=1S/C40H35N7O4S2/c48-35-32(19-20-41-35)51-45-33(36(49)43-34-37(50)47-24-27(25-52-38(34)47)23-46-21-11-4-12-22-46)31-26-53-39(42-31)44-40(28-13-5-1-6-14-28,29-15-7-2-8-16-29)30-17-9-3-10-18-30/h1-18,21-22,24,26,32,34,38H,19-20,23,25H2,(H2-,41,42,43,44,48,49)/p+1/b45-33-/t32?,34-,38+/m1/s1. The molecule has 11 nitrogen and oxygen atoms in total. The van der Waals surface area contributed by atoms with E-state index in [1.54, 1.807) is 22.0 Å². The molecule has 3 aromatic carbocycles. The molecule has 2 fully saturated rings. The molecule has 3 N–H and O–H groups in total. The molecule has 3 aliphatic rings. The van der Waals surface area contributed by atoms with E-state index in [1.165, 1.54) is 11.3 Å². The number of β-lactam (4-membered cyclic amide) rings is 1. The summed E-state index contributed by atoms with van der Waals surface area (Å²) >= 11 is 2.92. The van der Waals surface area contributed by atoms with Gasteiger partial charge in [-0.1, -0.05) is 102 Å². The van der Waals surface area contributed by atoms with E-state index in [0.717, 1.165) is 28.0 Å². The lowest BCUT2D eigenvalue weighted by molar-refractivity contribution is -0.689. The fourth-order valence-electron chi connectivity index (χ4n) is 6.80. The number of rotatable bonds is 12. The van der Waals surface area contributed by atoms with Gasteiger partial charge in [-0.2, -0.15) is 0 Å². The molecule has 0 spiro atoms. The summed E-state index contributed by atoms with van der Waals surface area (Å²) in [6.45, 7) is 1.13. The van der Waals surface area contributed by atoms with E-state index < -0.39 is 23.6 Å². The molecule has 0 bridgehead atoms. The molecule has 8 rings (SSSR count). The predicted octanol–water partition coefficient (Wildman–Crippen LogP) is 4.43. The number of nitrogens with zero attached hydrogens (tertiary/aromatic N) is 4. The summed E-state index contributed by atoms with van der Waals surface area (Å²) in [5, 5.41) is 15.6. The molecule has 2 saturated heterocycles. The molecular formula is C40H36N7O4S2+. The number of aromatic nitrogens is 2. The van der Waals surface area contributed by atoms with Crippen molar-refractivity contribution in [2.24, 2.45) is 5.16 Å². The van der Waals surface area contributed by atoms with Crippen LogP contribution in [0.25, 0.3) is 0 Å². The Labute approximate surface area is 314 Å². The number of fused-ring (bicyclic) bond motifs is 1. The molecule has 3 atom stereocenters. The molecule has 0 saturated carbocycles. The predicted molar refractivity (Wildman–Crippen MR) is 204 cm³/mol. The molecule has 5 aromatic rings. The number of amides is 3. The Morgan fingerprint density at radius 2 is 1.55 bits per heavy atom. The Kier molecular flexibility index (Phi) is 9.74. The van der Waals surface area contributed by atoms with Crippen LogP contribution in [0.4, 0.5) is 5.13 Å². The number of carbonyl (C=O) groups is 3. The maximum absolute atomic E-state index is 14.0. The van der Waals surface area contributed by atoms with Crippen molar-refractivity contribution in [3.05, 3.63) is 161 Å². The number of nitrogens with one attached hydrogen (secondary N) is 3. The van der Waals surface area contributed by atoms with Gasteiger partial charge in [0, 0.05) is 48.0 Å². The Morgan fingerprint density at radius 3 is 2.15 bits per heavy atom. The number of thioether (sulfide) groups is 1. The molecule has 0 radical (unpaired) electrons. The summed E-state index contributed by atoms with van der Waals surface area (Å²) in [4.78, 5) is 52.0. The number of benzene rings is 3. The number of carbonyl (C=O) groups excluding carboxylic acids is 3.